The second-order valence-electron chi connectivity index (χ2n) is 5.59. The molecule has 2 aromatic rings. The molecule has 0 unspecified atom stereocenters. The molecule has 1 aromatic carbocycles. The summed E-state index contributed by atoms with van der Waals surface area (Å²) in [6, 6.07) is 6.38. The topological polar surface area (TPSA) is 37.7 Å². The molecule has 2 heterocycles. The van der Waals surface area contributed by atoms with Gasteiger partial charge in [-0.25, -0.2) is 9.37 Å². The third-order valence-electron chi connectivity index (χ3n) is 4.04. The summed E-state index contributed by atoms with van der Waals surface area (Å²) in [5.74, 6) is -0.244. The molecule has 1 aromatic heterocycles. The highest BCUT2D eigenvalue weighted by atomic mass is 32.1. The number of rotatable bonds is 6. The lowest BCUT2D eigenvalue weighted by Crippen LogP contribution is -2.30. The Bertz CT molecular complexity index is 710. The molecule has 0 saturated carbocycles. The quantitative estimate of drug-likeness (QED) is 0.590. The minimum absolute atomic E-state index is 0.244. The van der Waals surface area contributed by atoms with Gasteiger partial charge in [0, 0.05) is 37.6 Å². The minimum Gasteiger partial charge on any atom is -0.399 e. The number of halogens is 1. The monoisotopic (exact) mass is 345 g/mol. The highest BCUT2D eigenvalue weighted by Gasteiger charge is 2.15. The lowest BCUT2D eigenvalue weighted by molar-refractivity contribution is 0.212. The molecular weight excluding hydrogens is 325 g/mol. The van der Waals surface area contributed by atoms with E-state index >= 15 is 0 Å². The van der Waals surface area contributed by atoms with Crippen LogP contribution in [0.25, 0.3) is 5.57 Å². The van der Waals surface area contributed by atoms with E-state index in [1.165, 1.54) is 24.8 Å². The van der Waals surface area contributed by atoms with Gasteiger partial charge in [0.1, 0.15) is 17.9 Å². The molecule has 0 aliphatic carbocycles. The first-order valence-electron chi connectivity index (χ1n) is 7.93. The van der Waals surface area contributed by atoms with Crippen molar-refractivity contribution in [2.45, 2.75) is 12.8 Å². The zero-order chi connectivity index (χ0) is 16.8. The van der Waals surface area contributed by atoms with Crippen LogP contribution in [-0.4, -0.2) is 42.3 Å². The third kappa shape index (κ3) is 4.27. The summed E-state index contributed by atoms with van der Waals surface area (Å²) in [4.78, 5) is 11.7. The van der Waals surface area contributed by atoms with Crippen molar-refractivity contribution in [1.82, 2.24) is 9.88 Å². The number of thiazole rings is 1. The Morgan fingerprint density at radius 3 is 2.83 bits per heavy atom. The summed E-state index contributed by atoms with van der Waals surface area (Å²) >= 11 is 1.69. The van der Waals surface area contributed by atoms with Gasteiger partial charge in [-0.15, -0.1) is 11.3 Å². The molecule has 0 spiro atoms. The Balaban J connectivity index is 1.58. The molecular formula is C18H20FN3OS. The molecule has 6 heteroatoms. The minimum atomic E-state index is -0.244. The molecule has 24 heavy (non-hydrogen) atoms. The highest BCUT2D eigenvalue weighted by molar-refractivity contribution is 7.10. The van der Waals surface area contributed by atoms with E-state index in [9.17, 15) is 4.39 Å². The van der Waals surface area contributed by atoms with E-state index in [4.69, 9.17) is 4.84 Å². The number of aromatic nitrogens is 1. The Hall–Kier alpha value is -2.05. The maximum absolute atomic E-state index is 13.1. The van der Waals surface area contributed by atoms with Gasteiger partial charge in [-0.2, -0.15) is 0 Å². The predicted molar refractivity (Wildman–Crippen MR) is 95.7 cm³/mol. The summed E-state index contributed by atoms with van der Waals surface area (Å²) in [5.41, 5.74) is 3.08. The molecule has 0 bridgehead atoms. The second-order valence-corrected chi connectivity index (χ2v) is 6.49. The molecule has 1 aliphatic rings. The van der Waals surface area contributed by atoms with Gasteiger partial charge in [0.25, 0.3) is 0 Å². The lowest BCUT2D eigenvalue weighted by atomic mass is 10.1. The fraction of sp³-hybridized carbons (Fsp3) is 0.333. The molecule has 0 atom stereocenters. The van der Waals surface area contributed by atoms with E-state index in [-0.39, 0.29) is 5.82 Å². The Labute approximate surface area is 145 Å². The molecule has 0 radical (unpaired) electrons. The highest BCUT2D eigenvalue weighted by Crippen LogP contribution is 2.24. The first-order valence-corrected chi connectivity index (χ1v) is 8.81. The number of oxime groups is 1. The van der Waals surface area contributed by atoms with E-state index in [0.29, 0.717) is 0 Å². The number of nitrogens with zero attached hydrogens (tertiary/aromatic N) is 3. The average molecular weight is 345 g/mol. The molecule has 4 nitrogen and oxygen atoms in total. The zero-order valence-corrected chi connectivity index (χ0v) is 14.4. The third-order valence-corrected chi connectivity index (χ3v) is 4.89. The van der Waals surface area contributed by atoms with Crippen LogP contribution in [0.15, 0.2) is 47.1 Å². The van der Waals surface area contributed by atoms with Crippen LogP contribution < -0.4 is 0 Å². The van der Waals surface area contributed by atoms with Crippen molar-refractivity contribution in [3.05, 3.63) is 58.3 Å². The van der Waals surface area contributed by atoms with Crippen molar-refractivity contribution in [3.63, 3.8) is 0 Å². The van der Waals surface area contributed by atoms with Gasteiger partial charge >= 0.3 is 0 Å². The van der Waals surface area contributed by atoms with Crippen LogP contribution in [0, 0.1) is 5.82 Å². The molecule has 0 fully saturated rings. The molecule has 1 aliphatic heterocycles. The summed E-state index contributed by atoms with van der Waals surface area (Å²) < 4.78 is 13.1. The van der Waals surface area contributed by atoms with Crippen molar-refractivity contribution in [2.24, 2.45) is 5.16 Å². The summed E-state index contributed by atoms with van der Waals surface area (Å²) in [6.45, 7) is 2.81. The fourth-order valence-corrected chi connectivity index (χ4v) is 3.46. The first-order chi connectivity index (χ1) is 11.8. The molecule has 126 valence electrons. The largest absolute Gasteiger partial charge is 0.399 e. The van der Waals surface area contributed by atoms with E-state index in [1.54, 1.807) is 23.5 Å². The molecule has 0 saturated heterocycles. The van der Waals surface area contributed by atoms with Gasteiger partial charge in [0.2, 0.25) is 0 Å². The Kier molecular flexibility index (Phi) is 5.72. The predicted octanol–water partition coefficient (Wildman–Crippen LogP) is 3.81. The average Bonchev–Trinajstić information content (AvgIpc) is 3.14. The van der Waals surface area contributed by atoms with E-state index in [0.717, 1.165) is 48.8 Å². The maximum atomic E-state index is 13.1. The van der Waals surface area contributed by atoms with E-state index in [2.05, 4.69) is 21.1 Å². The Morgan fingerprint density at radius 2 is 2.21 bits per heavy atom. The number of benzene rings is 1. The SMILES string of the molecule is CO/N=C(\CCN1CC=C(c2nccs2)CC1)c1ccc(F)cc1. The van der Waals surface area contributed by atoms with Crippen molar-refractivity contribution in [1.29, 1.82) is 0 Å². The smallest absolute Gasteiger partial charge is 0.123 e. The van der Waals surface area contributed by atoms with Crippen molar-refractivity contribution < 1.29 is 9.23 Å². The summed E-state index contributed by atoms with van der Waals surface area (Å²) in [7, 11) is 1.54. The van der Waals surface area contributed by atoms with Gasteiger partial charge in [-0.05, 0) is 29.7 Å². The van der Waals surface area contributed by atoms with Crippen molar-refractivity contribution in [2.75, 3.05) is 26.7 Å². The van der Waals surface area contributed by atoms with Crippen LogP contribution in [0.1, 0.15) is 23.4 Å². The van der Waals surface area contributed by atoms with Crippen molar-refractivity contribution in [3.8, 4) is 0 Å². The fourth-order valence-electron chi connectivity index (χ4n) is 2.75. The van der Waals surface area contributed by atoms with Gasteiger partial charge < -0.3 is 4.84 Å². The Morgan fingerprint density at radius 1 is 1.38 bits per heavy atom. The van der Waals surface area contributed by atoms with Gasteiger partial charge in [-0.3, -0.25) is 4.90 Å². The van der Waals surface area contributed by atoms with Crippen molar-refractivity contribution >= 4 is 22.6 Å². The molecule has 3 rings (SSSR count). The second kappa shape index (κ2) is 8.17. The van der Waals surface area contributed by atoms with E-state index < -0.39 is 0 Å². The van der Waals surface area contributed by atoms with Crippen LogP contribution in [0.3, 0.4) is 0 Å². The summed E-state index contributed by atoms with van der Waals surface area (Å²) in [5, 5.41) is 7.25. The van der Waals surface area contributed by atoms with Crippen LogP contribution in [0.2, 0.25) is 0 Å². The van der Waals surface area contributed by atoms with Gasteiger partial charge in [0.05, 0.1) is 5.71 Å². The van der Waals surface area contributed by atoms with Crippen LogP contribution in [0.4, 0.5) is 4.39 Å². The first kappa shape index (κ1) is 16.8. The van der Waals surface area contributed by atoms with Crippen LogP contribution >= 0.6 is 11.3 Å². The van der Waals surface area contributed by atoms with Crippen LogP contribution in [0.5, 0.6) is 0 Å². The molecule has 0 N–H and O–H groups in total. The van der Waals surface area contributed by atoms with E-state index in [1.807, 2.05) is 11.6 Å². The normalized spacial score (nSPS) is 16.1. The zero-order valence-electron chi connectivity index (χ0n) is 13.6. The standard InChI is InChI=1S/C18H20FN3OS/c1-23-21-17(14-2-4-16(19)5-3-14)8-12-22-10-6-15(7-11-22)18-20-9-13-24-18/h2-6,9,13H,7-8,10-12H2,1H3/b21-17+. The maximum Gasteiger partial charge on any atom is 0.123 e. The van der Waals surface area contributed by atoms with Gasteiger partial charge in [0.15, 0.2) is 0 Å². The summed E-state index contributed by atoms with van der Waals surface area (Å²) in [6.07, 6.45) is 5.89. The number of hydrogen-bond donors (Lipinski definition) is 0. The van der Waals surface area contributed by atoms with Crippen LogP contribution in [-0.2, 0) is 4.84 Å². The van der Waals surface area contributed by atoms with Gasteiger partial charge in [-0.1, -0.05) is 23.4 Å². The molecule has 0 amide bonds. The number of hydrogen-bond acceptors (Lipinski definition) is 5. The lowest BCUT2D eigenvalue weighted by Gasteiger charge is -2.25.